The Morgan fingerprint density at radius 3 is 2.34 bits per heavy atom. The van der Waals surface area contributed by atoms with Gasteiger partial charge >= 0.3 is 11.9 Å². The molecule has 0 bridgehead atoms. The SMILES string of the molecule is COc1c([N+](=O)[O-])cc(C(F)(F)F)c(OC)c1Oc1cccc2c(C)ccnc12. The molecule has 7 nitrogen and oxygen atoms in total. The van der Waals surface area contributed by atoms with Crippen LogP contribution >= 0.6 is 0 Å². The maximum Gasteiger partial charge on any atom is 0.420 e. The maximum atomic E-state index is 13.5. The zero-order valence-electron chi connectivity index (χ0n) is 15.5. The van der Waals surface area contributed by atoms with Crippen molar-refractivity contribution in [3.05, 3.63) is 57.8 Å². The maximum absolute atomic E-state index is 13.5. The van der Waals surface area contributed by atoms with Crippen molar-refractivity contribution in [1.29, 1.82) is 0 Å². The molecule has 0 spiro atoms. The quantitative estimate of drug-likeness (QED) is 0.422. The predicted octanol–water partition coefficient (Wildman–Crippen LogP) is 5.28. The van der Waals surface area contributed by atoms with E-state index < -0.39 is 39.6 Å². The number of methoxy groups -OCH3 is 2. The van der Waals surface area contributed by atoms with E-state index in [2.05, 4.69) is 4.98 Å². The number of halogens is 3. The van der Waals surface area contributed by atoms with Gasteiger partial charge in [0.25, 0.3) is 0 Å². The second-order valence-corrected chi connectivity index (χ2v) is 5.98. The van der Waals surface area contributed by atoms with E-state index >= 15 is 0 Å². The fraction of sp³-hybridized carbons (Fsp3) is 0.211. The minimum absolute atomic E-state index is 0.0939. The molecule has 0 radical (unpaired) electrons. The Kier molecular flexibility index (Phi) is 5.19. The summed E-state index contributed by atoms with van der Waals surface area (Å²) in [5.41, 5.74) is -1.02. The van der Waals surface area contributed by atoms with Gasteiger partial charge < -0.3 is 14.2 Å². The number of rotatable bonds is 5. The number of fused-ring (bicyclic) bond motifs is 1. The number of hydrogen-bond acceptors (Lipinski definition) is 6. The number of aromatic nitrogens is 1. The third-order valence-electron chi connectivity index (χ3n) is 4.25. The van der Waals surface area contributed by atoms with E-state index in [9.17, 15) is 23.3 Å². The van der Waals surface area contributed by atoms with Crippen molar-refractivity contribution in [2.45, 2.75) is 13.1 Å². The first kappa shape index (κ1) is 20.2. The van der Waals surface area contributed by atoms with Crippen LogP contribution in [0.15, 0.2) is 36.5 Å². The number of alkyl halides is 3. The average molecular weight is 408 g/mol. The smallest absolute Gasteiger partial charge is 0.420 e. The molecule has 0 aliphatic heterocycles. The topological polar surface area (TPSA) is 83.7 Å². The van der Waals surface area contributed by atoms with Crippen molar-refractivity contribution < 1.29 is 32.3 Å². The standard InChI is InChI=1S/C19H15F3N2O5/c1-10-7-8-23-15-11(10)5-4-6-14(15)29-18-16(27-2)12(19(20,21)22)9-13(24(25)26)17(18)28-3/h4-9H,1-3H3. The third-order valence-corrected chi connectivity index (χ3v) is 4.25. The van der Waals surface area contributed by atoms with Crippen LogP contribution in [0, 0.1) is 17.0 Å². The summed E-state index contributed by atoms with van der Waals surface area (Å²) < 4.78 is 56.2. The first-order chi connectivity index (χ1) is 13.7. The molecule has 2 aromatic carbocycles. The number of benzene rings is 2. The normalized spacial score (nSPS) is 11.4. The van der Waals surface area contributed by atoms with E-state index in [4.69, 9.17) is 14.2 Å². The monoisotopic (exact) mass is 408 g/mol. The van der Waals surface area contributed by atoms with Gasteiger partial charge in [-0.1, -0.05) is 12.1 Å². The molecule has 0 saturated heterocycles. The van der Waals surface area contributed by atoms with Gasteiger partial charge in [-0.3, -0.25) is 15.1 Å². The molecule has 29 heavy (non-hydrogen) atoms. The Hall–Kier alpha value is -3.56. The van der Waals surface area contributed by atoms with Crippen LogP contribution < -0.4 is 14.2 Å². The van der Waals surface area contributed by atoms with Crippen molar-refractivity contribution in [3.63, 3.8) is 0 Å². The van der Waals surface area contributed by atoms with Crippen molar-refractivity contribution in [2.75, 3.05) is 14.2 Å². The number of pyridine rings is 1. The lowest BCUT2D eigenvalue weighted by Gasteiger charge is -2.19. The molecule has 1 aromatic heterocycles. The van der Waals surface area contributed by atoms with E-state index in [1.54, 1.807) is 18.2 Å². The second-order valence-electron chi connectivity index (χ2n) is 5.98. The molecule has 1 heterocycles. The Bertz CT molecular complexity index is 1100. The van der Waals surface area contributed by atoms with Crippen molar-refractivity contribution >= 4 is 16.6 Å². The number of nitro benzene ring substituents is 1. The lowest BCUT2D eigenvalue weighted by molar-refractivity contribution is -0.386. The lowest BCUT2D eigenvalue weighted by atomic mass is 10.1. The van der Waals surface area contributed by atoms with Crippen LogP contribution in [0.4, 0.5) is 18.9 Å². The summed E-state index contributed by atoms with van der Waals surface area (Å²) in [6, 6.07) is 7.01. The number of hydrogen-bond donors (Lipinski definition) is 0. The minimum Gasteiger partial charge on any atom is -0.492 e. The molecule has 3 rings (SSSR count). The molecular weight excluding hydrogens is 393 g/mol. The van der Waals surface area contributed by atoms with Gasteiger partial charge in [0.05, 0.1) is 19.1 Å². The summed E-state index contributed by atoms with van der Waals surface area (Å²) >= 11 is 0. The first-order valence-electron chi connectivity index (χ1n) is 8.21. The molecule has 0 aliphatic rings. The van der Waals surface area contributed by atoms with Gasteiger partial charge in [0.2, 0.25) is 11.5 Å². The van der Waals surface area contributed by atoms with Crippen LogP contribution in [0.5, 0.6) is 23.0 Å². The van der Waals surface area contributed by atoms with Gasteiger partial charge in [0, 0.05) is 17.6 Å². The number of para-hydroxylation sites is 1. The number of nitro groups is 1. The van der Waals surface area contributed by atoms with E-state index in [1.807, 2.05) is 6.92 Å². The van der Waals surface area contributed by atoms with E-state index in [1.165, 1.54) is 12.3 Å². The van der Waals surface area contributed by atoms with Crippen molar-refractivity contribution in [2.24, 2.45) is 0 Å². The molecule has 0 atom stereocenters. The number of aryl methyl sites for hydroxylation is 1. The fourth-order valence-electron chi connectivity index (χ4n) is 2.93. The van der Waals surface area contributed by atoms with Gasteiger partial charge in [-0.25, -0.2) is 0 Å². The molecule has 0 saturated carbocycles. The Balaban J connectivity index is 2.33. The largest absolute Gasteiger partial charge is 0.492 e. The Labute approximate surface area is 162 Å². The highest BCUT2D eigenvalue weighted by Gasteiger charge is 2.41. The summed E-state index contributed by atoms with van der Waals surface area (Å²) in [5, 5.41) is 12.1. The molecule has 0 N–H and O–H groups in total. The minimum atomic E-state index is -4.92. The molecule has 0 amide bonds. The van der Waals surface area contributed by atoms with Gasteiger partial charge in [0.1, 0.15) is 11.1 Å². The zero-order chi connectivity index (χ0) is 21.3. The summed E-state index contributed by atoms with van der Waals surface area (Å²) in [4.78, 5) is 14.6. The molecule has 152 valence electrons. The highest BCUT2D eigenvalue weighted by Crippen LogP contribution is 2.52. The second kappa shape index (κ2) is 7.46. The van der Waals surface area contributed by atoms with Gasteiger partial charge in [-0.05, 0) is 24.6 Å². The fourth-order valence-corrected chi connectivity index (χ4v) is 2.93. The van der Waals surface area contributed by atoms with Crippen LogP contribution in [-0.2, 0) is 6.18 Å². The van der Waals surface area contributed by atoms with Crippen LogP contribution in [-0.4, -0.2) is 24.1 Å². The molecular formula is C19H15F3N2O5. The lowest BCUT2D eigenvalue weighted by Crippen LogP contribution is -2.10. The van der Waals surface area contributed by atoms with Crippen LogP contribution in [0.2, 0.25) is 0 Å². The van der Waals surface area contributed by atoms with E-state index in [-0.39, 0.29) is 5.75 Å². The summed E-state index contributed by atoms with van der Waals surface area (Å²) in [7, 11) is 2.10. The summed E-state index contributed by atoms with van der Waals surface area (Å²) in [6.45, 7) is 1.84. The van der Waals surface area contributed by atoms with Gasteiger partial charge in [0.15, 0.2) is 11.5 Å². The summed E-state index contributed by atoms with van der Waals surface area (Å²) in [6.07, 6.45) is -3.40. The Morgan fingerprint density at radius 2 is 1.76 bits per heavy atom. The van der Waals surface area contributed by atoms with Crippen LogP contribution in [0.1, 0.15) is 11.1 Å². The predicted molar refractivity (Wildman–Crippen MR) is 97.8 cm³/mol. The summed E-state index contributed by atoms with van der Waals surface area (Å²) in [5.74, 6) is -1.70. The first-order valence-corrected chi connectivity index (χ1v) is 8.21. The van der Waals surface area contributed by atoms with Gasteiger partial charge in [-0.15, -0.1) is 0 Å². The molecule has 3 aromatic rings. The van der Waals surface area contributed by atoms with E-state index in [0.29, 0.717) is 17.0 Å². The number of ether oxygens (including phenoxy) is 3. The Morgan fingerprint density at radius 1 is 1.07 bits per heavy atom. The third kappa shape index (κ3) is 3.60. The van der Waals surface area contributed by atoms with Crippen molar-refractivity contribution in [3.8, 4) is 23.0 Å². The molecule has 0 aliphatic carbocycles. The molecule has 0 unspecified atom stereocenters. The highest BCUT2D eigenvalue weighted by atomic mass is 19.4. The highest BCUT2D eigenvalue weighted by molar-refractivity contribution is 5.87. The number of nitrogens with zero attached hydrogens (tertiary/aromatic N) is 2. The van der Waals surface area contributed by atoms with Crippen LogP contribution in [0.3, 0.4) is 0 Å². The average Bonchev–Trinajstić information content (AvgIpc) is 2.67. The molecule has 10 heteroatoms. The van der Waals surface area contributed by atoms with Crippen molar-refractivity contribution in [1.82, 2.24) is 4.98 Å². The van der Waals surface area contributed by atoms with Crippen LogP contribution in [0.25, 0.3) is 10.9 Å². The zero-order valence-corrected chi connectivity index (χ0v) is 15.5. The molecule has 0 fully saturated rings. The van der Waals surface area contributed by atoms with Gasteiger partial charge in [-0.2, -0.15) is 13.2 Å². The van der Waals surface area contributed by atoms with E-state index in [0.717, 1.165) is 19.8 Å².